The fourth-order valence-electron chi connectivity index (χ4n) is 4.12. The highest BCUT2D eigenvalue weighted by Crippen LogP contribution is 2.35. The Labute approximate surface area is 230 Å². The molecule has 2 aromatic carbocycles. The van der Waals surface area contributed by atoms with E-state index < -0.39 is 12.0 Å². The molecule has 0 saturated heterocycles. The first-order valence-corrected chi connectivity index (χ1v) is 12.1. The van der Waals surface area contributed by atoms with Crippen molar-refractivity contribution in [1.82, 2.24) is 19.5 Å². The number of esters is 1. The molecule has 13 heteroatoms. The van der Waals surface area contributed by atoms with Crippen LogP contribution in [-0.2, 0) is 17.8 Å². The van der Waals surface area contributed by atoms with E-state index in [1.807, 2.05) is 19.9 Å². The van der Waals surface area contributed by atoms with Crippen LogP contribution in [-0.4, -0.2) is 70.0 Å². The second kappa shape index (κ2) is 12.3. The second-order valence-corrected chi connectivity index (χ2v) is 9.30. The molecular weight excluding hydrogens is 520 g/mol. The molecule has 3 aromatic rings. The van der Waals surface area contributed by atoms with Crippen LogP contribution >= 0.6 is 0 Å². The van der Waals surface area contributed by atoms with E-state index in [1.54, 1.807) is 23.1 Å². The Morgan fingerprint density at radius 2 is 1.80 bits per heavy atom. The van der Waals surface area contributed by atoms with Gasteiger partial charge in [-0.1, -0.05) is 19.9 Å². The summed E-state index contributed by atoms with van der Waals surface area (Å²) in [6.45, 7) is 4.81. The fourth-order valence-corrected chi connectivity index (χ4v) is 4.12. The van der Waals surface area contributed by atoms with Gasteiger partial charge in [-0.25, -0.2) is 25.0 Å². The molecule has 2 amide bonds. The van der Waals surface area contributed by atoms with Gasteiger partial charge in [-0.3, -0.25) is 14.6 Å². The minimum absolute atomic E-state index is 0.0164. The summed E-state index contributed by atoms with van der Waals surface area (Å²) in [6, 6.07) is 7.91. The summed E-state index contributed by atoms with van der Waals surface area (Å²) >= 11 is 0. The lowest BCUT2D eigenvalue weighted by atomic mass is 9.98. The third-order valence-corrected chi connectivity index (χ3v) is 6.29. The van der Waals surface area contributed by atoms with Gasteiger partial charge in [0.25, 0.3) is 5.91 Å². The summed E-state index contributed by atoms with van der Waals surface area (Å²) in [4.78, 5) is 51.5. The number of aromatic nitrogens is 2. The van der Waals surface area contributed by atoms with E-state index in [0.717, 1.165) is 32.6 Å². The zero-order valence-electron chi connectivity index (χ0n) is 22.9. The minimum Gasteiger partial charge on any atom is -0.507 e. The zero-order valence-corrected chi connectivity index (χ0v) is 22.9. The molecule has 0 atom stereocenters. The van der Waals surface area contributed by atoms with Gasteiger partial charge in [0, 0.05) is 26.2 Å². The SMILES string of the molecule is CN(N)C(=O)n1cnc(C=O)c1N.COC(=O)c1ccc2c(c1)CN(C(=O)c1cc(C(C)C)c(OC)cc1O)C2. The largest absolute Gasteiger partial charge is 0.507 e. The lowest BCUT2D eigenvalue weighted by Gasteiger charge is -2.19. The van der Waals surface area contributed by atoms with Gasteiger partial charge < -0.3 is 25.2 Å². The molecule has 4 rings (SSSR count). The number of aldehydes is 1. The predicted molar refractivity (Wildman–Crippen MR) is 145 cm³/mol. The molecule has 0 fully saturated rings. The number of carbonyl (C=O) groups is 4. The lowest BCUT2D eigenvalue weighted by molar-refractivity contribution is 0.0600. The fraction of sp³-hybridized carbons (Fsp3) is 0.296. The summed E-state index contributed by atoms with van der Waals surface area (Å²) in [5.74, 6) is 5.10. The number of hydrazine groups is 1. The normalized spacial score (nSPS) is 11.8. The number of nitrogen functional groups attached to an aromatic ring is 1. The van der Waals surface area contributed by atoms with E-state index in [4.69, 9.17) is 21.1 Å². The summed E-state index contributed by atoms with van der Waals surface area (Å²) in [6.07, 6.45) is 1.61. The van der Waals surface area contributed by atoms with Crippen LogP contribution in [0.2, 0.25) is 0 Å². The van der Waals surface area contributed by atoms with Crippen molar-refractivity contribution in [1.29, 1.82) is 0 Å². The molecule has 0 bridgehead atoms. The number of hydrogen-bond acceptors (Lipinski definition) is 10. The molecule has 5 N–H and O–H groups in total. The van der Waals surface area contributed by atoms with Gasteiger partial charge in [0.2, 0.25) is 0 Å². The first-order chi connectivity index (χ1) is 18.9. The van der Waals surface area contributed by atoms with E-state index in [2.05, 4.69) is 4.98 Å². The standard InChI is InChI=1S/C21H23NO5.C6H9N5O2/c1-12(2)16-8-17(18(23)9-19(16)26-3)20(24)22-10-14-6-5-13(21(25)27-4)7-15(14)11-22;1-10(8)6(13)11-3-9-4(2-12)5(11)7/h5-9,12,23H,10-11H2,1-4H3;2-3H,7-8H2,1H3. The van der Waals surface area contributed by atoms with Crippen LogP contribution in [0.1, 0.15) is 67.7 Å². The zero-order chi connectivity index (χ0) is 29.7. The molecule has 2 heterocycles. The lowest BCUT2D eigenvalue weighted by Crippen LogP contribution is -2.36. The quantitative estimate of drug-likeness (QED) is 0.140. The summed E-state index contributed by atoms with van der Waals surface area (Å²) in [5, 5.41) is 11.2. The average Bonchev–Trinajstić information content (AvgIpc) is 3.54. The van der Waals surface area contributed by atoms with Crippen molar-refractivity contribution in [3.05, 3.63) is 70.2 Å². The van der Waals surface area contributed by atoms with E-state index in [9.17, 15) is 24.3 Å². The van der Waals surface area contributed by atoms with Crippen molar-refractivity contribution in [2.75, 3.05) is 27.0 Å². The molecule has 0 saturated carbocycles. The van der Waals surface area contributed by atoms with Gasteiger partial charge in [0.1, 0.15) is 29.3 Å². The Balaban J connectivity index is 0.000000285. The molecule has 40 heavy (non-hydrogen) atoms. The van der Waals surface area contributed by atoms with Crippen LogP contribution < -0.4 is 16.3 Å². The second-order valence-electron chi connectivity index (χ2n) is 9.30. The molecule has 0 aliphatic carbocycles. The Kier molecular flexibility index (Phi) is 9.11. The van der Waals surface area contributed by atoms with Crippen molar-refractivity contribution in [3.8, 4) is 11.5 Å². The van der Waals surface area contributed by atoms with Crippen LogP contribution in [0.4, 0.5) is 10.6 Å². The number of phenolic OH excluding ortho intramolecular Hbond substituents is 1. The monoisotopic (exact) mass is 552 g/mol. The van der Waals surface area contributed by atoms with Crippen LogP contribution in [0, 0.1) is 0 Å². The maximum Gasteiger partial charge on any atom is 0.344 e. The number of carbonyl (C=O) groups excluding carboxylic acids is 4. The maximum atomic E-state index is 13.0. The Morgan fingerprint density at radius 3 is 2.35 bits per heavy atom. The number of nitrogens with zero attached hydrogens (tertiary/aromatic N) is 4. The van der Waals surface area contributed by atoms with Crippen molar-refractivity contribution in [3.63, 3.8) is 0 Å². The first-order valence-electron chi connectivity index (χ1n) is 12.1. The highest BCUT2D eigenvalue weighted by atomic mass is 16.5. The van der Waals surface area contributed by atoms with E-state index in [0.29, 0.717) is 30.7 Å². The molecule has 1 aliphatic rings. The van der Waals surface area contributed by atoms with E-state index >= 15 is 0 Å². The van der Waals surface area contributed by atoms with Gasteiger partial charge >= 0.3 is 12.0 Å². The highest BCUT2D eigenvalue weighted by molar-refractivity contribution is 5.98. The van der Waals surface area contributed by atoms with Gasteiger partial charge in [-0.2, -0.15) is 0 Å². The third-order valence-electron chi connectivity index (χ3n) is 6.29. The minimum atomic E-state index is -0.557. The Bertz CT molecular complexity index is 1450. The Morgan fingerprint density at radius 1 is 1.12 bits per heavy atom. The third kappa shape index (κ3) is 6.04. The molecule has 0 spiro atoms. The number of phenols is 1. The van der Waals surface area contributed by atoms with E-state index in [-0.39, 0.29) is 34.6 Å². The number of rotatable bonds is 5. The maximum absolute atomic E-state index is 13.0. The number of nitrogens with two attached hydrogens (primary N) is 2. The number of ether oxygens (including phenoxy) is 2. The molecule has 0 radical (unpaired) electrons. The van der Waals surface area contributed by atoms with Crippen molar-refractivity contribution in [2.45, 2.75) is 32.9 Å². The van der Waals surface area contributed by atoms with Crippen LogP contribution in [0.5, 0.6) is 11.5 Å². The molecule has 1 aliphatic heterocycles. The molecule has 0 unspecified atom stereocenters. The van der Waals surface area contributed by atoms with E-state index in [1.165, 1.54) is 27.3 Å². The van der Waals surface area contributed by atoms with Crippen molar-refractivity contribution in [2.24, 2.45) is 5.84 Å². The van der Waals surface area contributed by atoms with Crippen molar-refractivity contribution < 1.29 is 33.8 Å². The van der Waals surface area contributed by atoms with Crippen LogP contribution in [0.3, 0.4) is 0 Å². The van der Waals surface area contributed by atoms with Crippen LogP contribution in [0.15, 0.2) is 36.7 Å². The number of aromatic hydroxyl groups is 1. The summed E-state index contributed by atoms with van der Waals surface area (Å²) in [5.41, 5.74) is 8.90. The highest BCUT2D eigenvalue weighted by Gasteiger charge is 2.28. The first kappa shape index (κ1) is 29.6. The molecule has 1 aromatic heterocycles. The number of hydrogen-bond donors (Lipinski definition) is 3. The van der Waals surface area contributed by atoms with Gasteiger partial charge in [-0.15, -0.1) is 0 Å². The average molecular weight is 553 g/mol. The summed E-state index contributed by atoms with van der Waals surface area (Å²) in [7, 11) is 4.24. The molecular formula is C27H32N6O7. The van der Waals surface area contributed by atoms with Gasteiger partial charge in [0.15, 0.2) is 6.29 Å². The Hall–Kier alpha value is -4.91. The topological polar surface area (TPSA) is 183 Å². The van der Waals surface area contributed by atoms with Gasteiger partial charge in [-0.05, 0) is 40.8 Å². The molecule has 212 valence electrons. The number of amides is 2. The predicted octanol–water partition coefficient (Wildman–Crippen LogP) is 2.52. The number of anilines is 1. The number of benzene rings is 2. The number of fused-ring (bicyclic) bond motifs is 1. The van der Waals surface area contributed by atoms with Crippen molar-refractivity contribution >= 4 is 30.0 Å². The number of methoxy groups -OCH3 is 2. The summed E-state index contributed by atoms with van der Waals surface area (Å²) < 4.78 is 11.1. The van der Waals surface area contributed by atoms with Gasteiger partial charge in [0.05, 0.1) is 25.3 Å². The number of imidazole rings is 1. The molecule has 13 nitrogen and oxygen atoms in total. The smallest absolute Gasteiger partial charge is 0.344 e. The van der Waals surface area contributed by atoms with Crippen LogP contribution in [0.25, 0.3) is 0 Å².